The first-order valence-corrected chi connectivity index (χ1v) is 13.9. The molecule has 0 bridgehead atoms. The van der Waals surface area contributed by atoms with Gasteiger partial charge in [-0.3, -0.25) is 0 Å². The Morgan fingerprint density at radius 3 is 1.52 bits per heavy atom. The summed E-state index contributed by atoms with van der Waals surface area (Å²) in [5, 5.41) is 0. The molecule has 0 aliphatic carbocycles. The molecule has 1 rings (SSSR count). The second-order valence-corrected chi connectivity index (χ2v) is 10.4. The van der Waals surface area contributed by atoms with Crippen molar-refractivity contribution in [2.75, 3.05) is 0 Å². The van der Waals surface area contributed by atoms with Crippen molar-refractivity contribution >= 4 is 10.1 Å². The molecule has 0 aliphatic heterocycles. The molecular formula is C26H45NaO3S. The maximum atomic E-state index is 11.1. The zero-order chi connectivity index (χ0) is 22.1. The third-order valence-electron chi connectivity index (χ3n) is 6.17. The van der Waals surface area contributed by atoms with Crippen molar-refractivity contribution in [3.8, 4) is 0 Å². The SMILES string of the molecule is CCCCCCCCCCCCCC(CCCCC)Cc1ccc(S(=O)(=O)[O-])cc1.[Na+]. The van der Waals surface area contributed by atoms with Crippen LogP contribution in [0.5, 0.6) is 0 Å². The molecule has 0 saturated carbocycles. The fourth-order valence-corrected chi connectivity index (χ4v) is 4.72. The maximum absolute atomic E-state index is 11.1. The molecule has 1 atom stereocenters. The Balaban J connectivity index is 0.00000900. The van der Waals surface area contributed by atoms with Gasteiger partial charge in [0.2, 0.25) is 0 Å². The van der Waals surface area contributed by atoms with Crippen molar-refractivity contribution in [1.82, 2.24) is 0 Å². The van der Waals surface area contributed by atoms with E-state index in [-0.39, 0.29) is 34.5 Å². The summed E-state index contributed by atoms with van der Waals surface area (Å²) in [4.78, 5) is -0.126. The number of hydrogen-bond acceptors (Lipinski definition) is 3. The summed E-state index contributed by atoms with van der Waals surface area (Å²) in [5.41, 5.74) is 1.15. The molecule has 0 heterocycles. The fraction of sp³-hybridized carbons (Fsp3) is 0.769. The van der Waals surface area contributed by atoms with E-state index in [2.05, 4.69) is 13.8 Å². The minimum atomic E-state index is -4.35. The van der Waals surface area contributed by atoms with Crippen LogP contribution in [0.3, 0.4) is 0 Å². The third-order valence-corrected chi connectivity index (χ3v) is 7.02. The van der Waals surface area contributed by atoms with E-state index in [4.69, 9.17) is 0 Å². The molecule has 3 nitrogen and oxygen atoms in total. The second kappa shape index (κ2) is 19.6. The van der Waals surface area contributed by atoms with Gasteiger partial charge in [-0.25, -0.2) is 8.42 Å². The minimum Gasteiger partial charge on any atom is -0.744 e. The van der Waals surface area contributed by atoms with Crippen LogP contribution in [0.2, 0.25) is 0 Å². The van der Waals surface area contributed by atoms with Crippen LogP contribution < -0.4 is 29.6 Å². The van der Waals surface area contributed by atoms with Gasteiger partial charge < -0.3 is 4.55 Å². The van der Waals surface area contributed by atoms with Gasteiger partial charge in [-0.15, -0.1) is 0 Å². The van der Waals surface area contributed by atoms with Crippen molar-refractivity contribution in [3.63, 3.8) is 0 Å². The van der Waals surface area contributed by atoms with Crippen LogP contribution in [0.4, 0.5) is 0 Å². The normalized spacial score (nSPS) is 12.5. The van der Waals surface area contributed by atoms with Crippen molar-refractivity contribution in [2.45, 2.75) is 128 Å². The summed E-state index contributed by atoms with van der Waals surface area (Å²) in [5.74, 6) is 0.657. The van der Waals surface area contributed by atoms with Gasteiger partial charge in [-0.05, 0) is 30.0 Å². The topological polar surface area (TPSA) is 57.2 Å². The summed E-state index contributed by atoms with van der Waals surface area (Å²) in [6.45, 7) is 4.51. The van der Waals surface area contributed by atoms with E-state index in [1.165, 1.54) is 115 Å². The number of hydrogen-bond donors (Lipinski definition) is 0. The van der Waals surface area contributed by atoms with Gasteiger partial charge in [-0.1, -0.05) is 129 Å². The van der Waals surface area contributed by atoms with Gasteiger partial charge >= 0.3 is 29.6 Å². The van der Waals surface area contributed by atoms with Crippen LogP contribution >= 0.6 is 0 Å². The molecule has 1 aromatic rings. The van der Waals surface area contributed by atoms with E-state index < -0.39 is 10.1 Å². The molecule has 0 fully saturated rings. The molecule has 174 valence electrons. The van der Waals surface area contributed by atoms with Crippen LogP contribution in [0.25, 0.3) is 0 Å². The number of rotatable bonds is 19. The summed E-state index contributed by atoms with van der Waals surface area (Å²) in [7, 11) is -4.35. The summed E-state index contributed by atoms with van der Waals surface area (Å²) < 4.78 is 33.3. The molecule has 5 heteroatoms. The fourth-order valence-electron chi connectivity index (χ4n) is 4.25. The molecule has 0 aromatic heterocycles. The average molecular weight is 461 g/mol. The molecule has 0 saturated heterocycles. The molecule has 31 heavy (non-hydrogen) atoms. The maximum Gasteiger partial charge on any atom is 1.00 e. The molecule has 0 spiro atoms. The standard InChI is InChI=1S/C26H46O3S.Na/c1-3-5-7-8-9-10-11-12-13-14-16-18-24(17-15-6-4-2)23-25-19-21-26(22-20-25)30(27,28)29;/h19-22,24H,3-18,23H2,1-2H3,(H,27,28,29);/q;+1/p-1. The summed E-state index contributed by atoms with van der Waals surface area (Å²) in [6.07, 6.45) is 22.4. The number of benzene rings is 1. The Morgan fingerprint density at radius 2 is 1.06 bits per heavy atom. The van der Waals surface area contributed by atoms with Crippen LogP contribution in [0, 0.1) is 5.92 Å². The molecule has 1 aromatic carbocycles. The monoisotopic (exact) mass is 460 g/mol. The number of unbranched alkanes of at least 4 members (excludes halogenated alkanes) is 12. The van der Waals surface area contributed by atoms with Crippen molar-refractivity contribution in [1.29, 1.82) is 0 Å². The van der Waals surface area contributed by atoms with Gasteiger partial charge in [0.1, 0.15) is 10.1 Å². The van der Waals surface area contributed by atoms with Gasteiger partial charge in [0, 0.05) is 0 Å². The molecule has 0 N–H and O–H groups in total. The first-order valence-electron chi connectivity index (χ1n) is 12.5. The van der Waals surface area contributed by atoms with Crippen molar-refractivity contribution < 1.29 is 42.5 Å². The first kappa shape index (κ1) is 31.1. The van der Waals surface area contributed by atoms with Crippen LogP contribution in [-0.4, -0.2) is 13.0 Å². The minimum absolute atomic E-state index is 0. The summed E-state index contributed by atoms with van der Waals surface area (Å²) >= 11 is 0. The molecule has 0 radical (unpaired) electrons. The van der Waals surface area contributed by atoms with Crippen LogP contribution in [-0.2, 0) is 16.5 Å². The Bertz CT molecular complexity index is 629. The second-order valence-electron chi connectivity index (χ2n) is 8.99. The van der Waals surface area contributed by atoms with Gasteiger partial charge in [0.25, 0.3) is 0 Å². The van der Waals surface area contributed by atoms with Crippen LogP contribution in [0.15, 0.2) is 29.2 Å². The van der Waals surface area contributed by atoms with Crippen molar-refractivity contribution in [2.24, 2.45) is 5.92 Å². The quantitative estimate of drug-likeness (QED) is 0.165. The Kier molecular flexibility index (Phi) is 19.7. The van der Waals surface area contributed by atoms with E-state index in [1.807, 2.05) is 12.1 Å². The molecule has 1 unspecified atom stereocenters. The van der Waals surface area contributed by atoms with Gasteiger partial charge in [0.05, 0.1) is 4.90 Å². The van der Waals surface area contributed by atoms with E-state index in [0.717, 1.165) is 12.0 Å². The van der Waals surface area contributed by atoms with E-state index in [9.17, 15) is 13.0 Å². The predicted molar refractivity (Wildman–Crippen MR) is 127 cm³/mol. The van der Waals surface area contributed by atoms with E-state index >= 15 is 0 Å². The van der Waals surface area contributed by atoms with E-state index in [0.29, 0.717) is 5.92 Å². The molecule has 0 amide bonds. The third kappa shape index (κ3) is 16.4. The van der Waals surface area contributed by atoms with Gasteiger partial charge in [0.15, 0.2) is 0 Å². The largest absolute Gasteiger partial charge is 1.00 e. The smallest absolute Gasteiger partial charge is 0.744 e. The van der Waals surface area contributed by atoms with Crippen LogP contribution in [0.1, 0.15) is 122 Å². The Labute approximate surface area is 215 Å². The first-order chi connectivity index (χ1) is 14.5. The Morgan fingerprint density at radius 1 is 0.677 bits per heavy atom. The van der Waals surface area contributed by atoms with Crippen molar-refractivity contribution in [3.05, 3.63) is 29.8 Å². The van der Waals surface area contributed by atoms with E-state index in [1.54, 1.807) is 0 Å². The molecular weight excluding hydrogens is 415 g/mol. The van der Waals surface area contributed by atoms with Gasteiger partial charge in [-0.2, -0.15) is 0 Å². The predicted octanol–water partition coefficient (Wildman–Crippen LogP) is 5.03. The Hall–Kier alpha value is 0.130. The summed E-state index contributed by atoms with van der Waals surface area (Å²) in [6, 6.07) is 6.56. The average Bonchev–Trinajstić information content (AvgIpc) is 2.71. The zero-order valence-electron chi connectivity index (χ0n) is 20.5. The molecule has 0 aliphatic rings. The zero-order valence-corrected chi connectivity index (χ0v) is 23.4.